The molecule has 2 rings (SSSR count). The Morgan fingerprint density at radius 2 is 2.22 bits per heavy atom. The zero-order valence-electron chi connectivity index (χ0n) is 13.4. The molecule has 128 valence electrons. The number of hydrogen-bond acceptors (Lipinski definition) is 4. The number of rotatable bonds is 2. The van der Waals surface area contributed by atoms with Crippen molar-refractivity contribution in [2.45, 2.75) is 38.5 Å². The van der Waals surface area contributed by atoms with E-state index in [4.69, 9.17) is 9.47 Å². The summed E-state index contributed by atoms with van der Waals surface area (Å²) in [6.07, 6.45) is -1.75. The van der Waals surface area contributed by atoms with Gasteiger partial charge in [0.05, 0.1) is 23.7 Å². The monoisotopic (exact) mass is 389 g/mol. The van der Waals surface area contributed by atoms with Gasteiger partial charge in [-0.3, -0.25) is 4.90 Å². The van der Waals surface area contributed by atoms with Crippen LogP contribution in [0, 0.1) is 5.82 Å². The van der Waals surface area contributed by atoms with E-state index in [9.17, 15) is 14.3 Å². The Bertz CT molecular complexity index is 576. The Balaban J connectivity index is 2.23. The van der Waals surface area contributed by atoms with Crippen LogP contribution >= 0.6 is 15.9 Å². The van der Waals surface area contributed by atoms with Crippen molar-refractivity contribution >= 4 is 22.0 Å². The van der Waals surface area contributed by atoms with Crippen molar-refractivity contribution in [3.63, 3.8) is 0 Å². The third kappa shape index (κ3) is 4.43. The summed E-state index contributed by atoms with van der Waals surface area (Å²) in [6.45, 7) is 6.06. The van der Waals surface area contributed by atoms with Gasteiger partial charge in [0.1, 0.15) is 17.5 Å². The van der Waals surface area contributed by atoms with Crippen LogP contribution in [-0.4, -0.2) is 47.5 Å². The summed E-state index contributed by atoms with van der Waals surface area (Å²) in [5.41, 5.74) is -0.533. The molecule has 1 aromatic rings. The molecule has 0 bridgehead atoms. The maximum atomic E-state index is 14.2. The second-order valence-corrected chi connectivity index (χ2v) is 7.26. The molecule has 1 amide bonds. The summed E-state index contributed by atoms with van der Waals surface area (Å²) in [7, 11) is 0. The molecule has 0 aliphatic carbocycles. The molecule has 2 atom stereocenters. The average Bonchev–Trinajstić information content (AvgIpc) is 2.47. The highest BCUT2D eigenvalue weighted by Gasteiger charge is 2.37. The summed E-state index contributed by atoms with van der Waals surface area (Å²) in [5.74, 6) is -0.547. The zero-order chi connectivity index (χ0) is 17.2. The van der Waals surface area contributed by atoms with Crippen LogP contribution in [-0.2, 0) is 9.47 Å². The molecule has 1 aliphatic heterocycles. The SMILES string of the molecule is CC(C)(C)OC(=O)N1CCOCC1C(O)c1cccc(Br)c1F. The minimum atomic E-state index is -1.21. The first kappa shape index (κ1) is 18.2. The van der Waals surface area contributed by atoms with E-state index in [1.54, 1.807) is 32.9 Å². The summed E-state index contributed by atoms with van der Waals surface area (Å²) in [6, 6.07) is 3.97. The van der Waals surface area contributed by atoms with Gasteiger partial charge in [0.25, 0.3) is 0 Å². The molecule has 5 nitrogen and oxygen atoms in total. The van der Waals surface area contributed by atoms with Gasteiger partial charge in [-0.15, -0.1) is 0 Å². The fourth-order valence-electron chi connectivity index (χ4n) is 2.39. The quantitative estimate of drug-likeness (QED) is 0.843. The summed E-state index contributed by atoms with van der Waals surface area (Å²) < 4.78 is 25.2. The molecule has 1 fully saturated rings. The van der Waals surface area contributed by atoms with Gasteiger partial charge in [0.15, 0.2) is 0 Å². The molecular formula is C16H21BrFNO4. The number of benzene rings is 1. The minimum absolute atomic E-state index is 0.114. The van der Waals surface area contributed by atoms with Gasteiger partial charge >= 0.3 is 6.09 Å². The second-order valence-electron chi connectivity index (χ2n) is 6.40. The van der Waals surface area contributed by atoms with Crippen LogP contribution in [0.15, 0.2) is 22.7 Å². The van der Waals surface area contributed by atoms with E-state index >= 15 is 0 Å². The summed E-state index contributed by atoms with van der Waals surface area (Å²) in [4.78, 5) is 13.7. The lowest BCUT2D eigenvalue weighted by molar-refractivity contribution is -0.0679. The molecule has 1 N–H and O–H groups in total. The van der Waals surface area contributed by atoms with Gasteiger partial charge in [-0.1, -0.05) is 12.1 Å². The van der Waals surface area contributed by atoms with E-state index < -0.39 is 29.7 Å². The maximum absolute atomic E-state index is 14.2. The maximum Gasteiger partial charge on any atom is 0.410 e. The molecule has 1 heterocycles. The second kappa shape index (κ2) is 7.15. The lowest BCUT2D eigenvalue weighted by Crippen LogP contribution is -2.52. The number of aliphatic hydroxyl groups is 1. The normalized spacial score (nSPS) is 20.3. The van der Waals surface area contributed by atoms with Crippen molar-refractivity contribution in [1.82, 2.24) is 4.90 Å². The topological polar surface area (TPSA) is 59.0 Å². The molecule has 0 aromatic heterocycles. The number of carbonyl (C=O) groups excluding carboxylic acids is 1. The van der Waals surface area contributed by atoms with Gasteiger partial charge in [0, 0.05) is 12.1 Å². The number of ether oxygens (including phenoxy) is 2. The molecule has 0 spiro atoms. The number of hydrogen-bond donors (Lipinski definition) is 1. The molecule has 0 saturated carbocycles. The zero-order valence-corrected chi connectivity index (χ0v) is 15.0. The van der Waals surface area contributed by atoms with Gasteiger partial charge < -0.3 is 14.6 Å². The van der Waals surface area contributed by atoms with Crippen molar-refractivity contribution in [3.8, 4) is 0 Å². The largest absolute Gasteiger partial charge is 0.444 e. The standard InChI is InChI=1S/C16H21BrFNO4/c1-16(2,3)23-15(21)19-7-8-22-9-12(19)14(20)10-5-4-6-11(17)13(10)18/h4-6,12,14,20H,7-9H2,1-3H3. The van der Waals surface area contributed by atoms with Gasteiger partial charge in [-0.05, 0) is 42.8 Å². The Morgan fingerprint density at radius 3 is 2.87 bits per heavy atom. The number of nitrogens with zero attached hydrogens (tertiary/aromatic N) is 1. The highest BCUT2D eigenvalue weighted by Crippen LogP contribution is 2.29. The number of carbonyl (C=O) groups is 1. The predicted molar refractivity (Wildman–Crippen MR) is 86.6 cm³/mol. The van der Waals surface area contributed by atoms with E-state index in [0.717, 1.165) is 0 Å². The van der Waals surface area contributed by atoms with Crippen LogP contribution in [0.1, 0.15) is 32.4 Å². The molecule has 0 radical (unpaired) electrons. The number of amides is 1. The van der Waals surface area contributed by atoms with E-state index in [0.29, 0.717) is 6.61 Å². The highest BCUT2D eigenvalue weighted by molar-refractivity contribution is 9.10. The Kier molecular flexibility index (Phi) is 5.65. The average molecular weight is 390 g/mol. The molecule has 23 heavy (non-hydrogen) atoms. The van der Waals surface area contributed by atoms with Crippen LogP contribution in [0.3, 0.4) is 0 Å². The van der Waals surface area contributed by atoms with Gasteiger partial charge in [0.2, 0.25) is 0 Å². The number of aliphatic hydroxyl groups excluding tert-OH is 1. The Hall–Kier alpha value is -1.18. The fourth-order valence-corrected chi connectivity index (χ4v) is 2.77. The predicted octanol–water partition coefficient (Wildman–Crippen LogP) is 3.26. The lowest BCUT2D eigenvalue weighted by Gasteiger charge is -2.39. The molecule has 1 saturated heterocycles. The van der Waals surface area contributed by atoms with Crippen molar-refractivity contribution < 1.29 is 23.8 Å². The molecule has 2 unspecified atom stereocenters. The van der Waals surface area contributed by atoms with E-state index in [-0.39, 0.29) is 23.2 Å². The van der Waals surface area contributed by atoms with Crippen molar-refractivity contribution in [2.75, 3.05) is 19.8 Å². The first-order valence-corrected chi connectivity index (χ1v) is 8.19. The van der Waals surface area contributed by atoms with Crippen LogP contribution in [0.2, 0.25) is 0 Å². The van der Waals surface area contributed by atoms with Gasteiger partial charge in [-0.2, -0.15) is 0 Å². The highest BCUT2D eigenvalue weighted by atomic mass is 79.9. The summed E-state index contributed by atoms with van der Waals surface area (Å²) in [5, 5.41) is 10.6. The fraction of sp³-hybridized carbons (Fsp3) is 0.562. The van der Waals surface area contributed by atoms with E-state index in [1.807, 2.05) is 0 Å². The van der Waals surface area contributed by atoms with Crippen LogP contribution in [0.25, 0.3) is 0 Å². The van der Waals surface area contributed by atoms with Crippen molar-refractivity contribution in [3.05, 3.63) is 34.1 Å². The first-order chi connectivity index (χ1) is 10.7. The van der Waals surface area contributed by atoms with Crippen molar-refractivity contribution in [2.24, 2.45) is 0 Å². The third-order valence-electron chi connectivity index (χ3n) is 3.46. The number of morpholine rings is 1. The van der Waals surface area contributed by atoms with Gasteiger partial charge in [-0.25, -0.2) is 9.18 Å². The third-order valence-corrected chi connectivity index (χ3v) is 4.07. The Morgan fingerprint density at radius 1 is 1.52 bits per heavy atom. The Labute approximate surface area is 143 Å². The molecule has 1 aromatic carbocycles. The molecule has 7 heteroatoms. The van der Waals surface area contributed by atoms with Crippen molar-refractivity contribution in [1.29, 1.82) is 0 Å². The molecular weight excluding hydrogens is 369 g/mol. The first-order valence-electron chi connectivity index (χ1n) is 7.40. The van der Waals surface area contributed by atoms with Crippen LogP contribution < -0.4 is 0 Å². The van der Waals surface area contributed by atoms with Crippen LogP contribution in [0.4, 0.5) is 9.18 Å². The number of halogens is 2. The lowest BCUT2D eigenvalue weighted by atomic mass is 10.0. The van der Waals surface area contributed by atoms with E-state index in [2.05, 4.69) is 15.9 Å². The minimum Gasteiger partial charge on any atom is -0.444 e. The molecule has 1 aliphatic rings. The smallest absolute Gasteiger partial charge is 0.410 e. The van der Waals surface area contributed by atoms with E-state index in [1.165, 1.54) is 11.0 Å². The summed E-state index contributed by atoms with van der Waals surface area (Å²) >= 11 is 3.10. The van der Waals surface area contributed by atoms with Crippen LogP contribution in [0.5, 0.6) is 0 Å².